The van der Waals surface area contributed by atoms with Crippen LogP contribution in [0.15, 0.2) is 58.1 Å². The zero-order valence-corrected chi connectivity index (χ0v) is 16.8. The van der Waals surface area contributed by atoms with Crippen molar-refractivity contribution in [3.05, 3.63) is 63.6 Å². The highest BCUT2D eigenvalue weighted by atomic mass is 79.9. The number of carbonyl (C=O) groups excluding carboxylic acids is 3. The second kappa shape index (κ2) is 6.72. The summed E-state index contributed by atoms with van der Waals surface area (Å²) in [7, 11) is 1.19. The first-order valence-electron chi connectivity index (χ1n) is 8.23. The Bertz CT molecular complexity index is 1040. The highest BCUT2D eigenvalue weighted by Gasteiger charge is 2.67. The fourth-order valence-electron chi connectivity index (χ4n) is 3.56. The fourth-order valence-corrected chi connectivity index (χ4v) is 4.07. The lowest BCUT2D eigenvalue weighted by Gasteiger charge is -2.26. The molecule has 1 N–H and O–H groups in total. The molecular weight excluding hydrogens is 450 g/mol. The first kappa shape index (κ1) is 18.6. The number of nitrogens with zero attached hydrogens (tertiary/aromatic N) is 2. The highest BCUT2D eigenvalue weighted by molar-refractivity contribution is 9.10. The van der Waals surface area contributed by atoms with E-state index in [0.717, 1.165) is 4.90 Å². The van der Waals surface area contributed by atoms with Crippen LogP contribution in [0.3, 0.4) is 0 Å². The maximum Gasteiger partial charge on any atom is 0.355 e. The number of hydrogen-bond acceptors (Lipinski definition) is 6. The molecule has 2 aromatic rings. The van der Waals surface area contributed by atoms with Crippen LogP contribution in [0.25, 0.3) is 0 Å². The minimum absolute atomic E-state index is 0.145. The van der Waals surface area contributed by atoms with Crippen LogP contribution in [0, 0.1) is 5.92 Å². The molecule has 2 amide bonds. The number of hydrazone groups is 1. The minimum atomic E-state index is -1.55. The summed E-state index contributed by atoms with van der Waals surface area (Å²) < 4.78 is 5.47. The number of rotatable bonds is 3. The molecule has 2 atom stereocenters. The van der Waals surface area contributed by atoms with Gasteiger partial charge in [0.05, 0.1) is 12.8 Å². The van der Waals surface area contributed by atoms with Crippen LogP contribution in [0.5, 0.6) is 0 Å². The number of nitrogens with one attached hydrogen (secondary N) is 1. The summed E-state index contributed by atoms with van der Waals surface area (Å²) in [5.41, 5.74) is 1.91. The molecule has 2 heterocycles. The molecule has 4 rings (SSSR count). The molecule has 0 bridgehead atoms. The summed E-state index contributed by atoms with van der Waals surface area (Å²) in [5, 5.41) is 4.47. The van der Waals surface area contributed by atoms with Crippen LogP contribution < -0.4 is 10.3 Å². The zero-order chi connectivity index (χ0) is 20.1. The Kier molecular flexibility index (Phi) is 4.47. The smallest absolute Gasteiger partial charge is 0.355 e. The number of hydrogen-bond donors (Lipinski definition) is 1. The summed E-state index contributed by atoms with van der Waals surface area (Å²) in [6, 6.07) is 13.3. The number of esters is 1. The molecule has 2 aliphatic heterocycles. The van der Waals surface area contributed by atoms with E-state index in [9.17, 15) is 14.4 Å². The van der Waals surface area contributed by atoms with Gasteiger partial charge in [-0.2, -0.15) is 5.10 Å². The molecule has 7 nitrogen and oxygen atoms in total. The number of anilines is 1. The van der Waals surface area contributed by atoms with Gasteiger partial charge in [0, 0.05) is 9.50 Å². The van der Waals surface area contributed by atoms with Crippen molar-refractivity contribution < 1.29 is 19.1 Å². The monoisotopic (exact) mass is 461 g/mol. The van der Waals surface area contributed by atoms with Gasteiger partial charge in [-0.1, -0.05) is 45.7 Å². The number of fused-ring (bicyclic) bond motifs is 1. The van der Waals surface area contributed by atoms with E-state index in [2.05, 4.69) is 26.5 Å². The molecule has 9 heteroatoms. The van der Waals surface area contributed by atoms with Crippen LogP contribution >= 0.6 is 27.5 Å². The van der Waals surface area contributed by atoms with Gasteiger partial charge in [0.1, 0.15) is 5.92 Å². The SMILES string of the molecule is COC(=O)C1=NN[C@@]2(c3ccc(Cl)cc3)C(=O)N(c3cccc(Br)c3)C(=O)[C@H]12. The lowest BCUT2D eigenvalue weighted by molar-refractivity contribution is -0.133. The van der Waals surface area contributed by atoms with Gasteiger partial charge in [-0.3, -0.25) is 15.0 Å². The highest BCUT2D eigenvalue weighted by Crippen LogP contribution is 2.45. The number of benzene rings is 2. The third kappa shape index (κ3) is 2.56. The van der Waals surface area contributed by atoms with Gasteiger partial charge in [-0.25, -0.2) is 9.69 Å². The second-order valence-electron chi connectivity index (χ2n) is 6.31. The lowest BCUT2D eigenvalue weighted by Crippen LogP contribution is -2.48. The Balaban J connectivity index is 1.90. The third-order valence-corrected chi connectivity index (χ3v) is 5.57. The van der Waals surface area contributed by atoms with Crippen LogP contribution in [0.2, 0.25) is 5.02 Å². The summed E-state index contributed by atoms with van der Waals surface area (Å²) >= 11 is 9.32. The van der Waals surface area contributed by atoms with Gasteiger partial charge < -0.3 is 4.74 Å². The van der Waals surface area contributed by atoms with E-state index >= 15 is 0 Å². The molecule has 0 aromatic heterocycles. The molecule has 0 spiro atoms. The van der Waals surface area contributed by atoms with Gasteiger partial charge in [0.2, 0.25) is 5.91 Å². The Morgan fingerprint density at radius 2 is 1.96 bits per heavy atom. The van der Waals surface area contributed by atoms with Gasteiger partial charge >= 0.3 is 5.97 Å². The zero-order valence-electron chi connectivity index (χ0n) is 14.5. The normalized spacial score (nSPS) is 23.3. The molecule has 1 fully saturated rings. The van der Waals surface area contributed by atoms with Crippen LogP contribution in [-0.4, -0.2) is 30.6 Å². The molecule has 2 aromatic carbocycles. The van der Waals surface area contributed by atoms with Crippen molar-refractivity contribution in [2.75, 3.05) is 12.0 Å². The molecule has 0 unspecified atom stereocenters. The Morgan fingerprint density at radius 1 is 1.25 bits per heavy atom. The third-order valence-electron chi connectivity index (χ3n) is 4.83. The van der Waals surface area contributed by atoms with Crippen molar-refractivity contribution in [1.29, 1.82) is 0 Å². The number of halogens is 2. The van der Waals surface area contributed by atoms with Gasteiger partial charge in [0.15, 0.2) is 11.3 Å². The first-order chi connectivity index (χ1) is 13.4. The molecule has 0 saturated carbocycles. The number of imide groups is 1. The molecule has 2 aliphatic rings. The van der Waals surface area contributed by atoms with Gasteiger partial charge in [-0.15, -0.1) is 0 Å². The lowest BCUT2D eigenvalue weighted by atomic mass is 9.79. The maximum absolute atomic E-state index is 13.5. The van der Waals surface area contributed by atoms with E-state index in [0.29, 0.717) is 20.7 Å². The summed E-state index contributed by atoms with van der Waals surface area (Å²) in [5.74, 6) is -3.03. The van der Waals surface area contributed by atoms with Gasteiger partial charge in [0.25, 0.3) is 5.91 Å². The van der Waals surface area contributed by atoms with E-state index in [1.807, 2.05) is 0 Å². The van der Waals surface area contributed by atoms with E-state index < -0.39 is 29.2 Å². The van der Waals surface area contributed by atoms with Crippen molar-refractivity contribution in [3.8, 4) is 0 Å². The average molecular weight is 463 g/mol. The first-order valence-corrected chi connectivity index (χ1v) is 9.40. The van der Waals surface area contributed by atoms with Crippen molar-refractivity contribution in [2.24, 2.45) is 11.0 Å². The van der Waals surface area contributed by atoms with E-state index in [4.69, 9.17) is 16.3 Å². The van der Waals surface area contributed by atoms with Crippen molar-refractivity contribution in [2.45, 2.75) is 5.54 Å². The van der Waals surface area contributed by atoms with Crippen molar-refractivity contribution in [3.63, 3.8) is 0 Å². The number of methoxy groups -OCH3 is 1. The second-order valence-corrected chi connectivity index (χ2v) is 7.66. The fraction of sp³-hybridized carbons (Fsp3) is 0.158. The van der Waals surface area contributed by atoms with E-state index in [1.165, 1.54) is 7.11 Å². The number of carbonyl (C=O) groups is 3. The Labute approximate surface area is 173 Å². The molecule has 1 saturated heterocycles. The van der Waals surface area contributed by atoms with Crippen LogP contribution in [0.4, 0.5) is 5.69 Å². The molecular formula is C19H13BrClN3O4. The maximum atomic E-state index is 13.5. The van der Waals surface area contributed by atoms with Crippen molar-refractivity contribution in [1.82, 2.24) is 5.43 Å². The topological polar surface area (TPSA) is 88.1 Å². The van der Waals surface area contributed by atoms with Crippen LogP contribution in [0.1, 0.15) is 5.56 Å². The standard InChI is InChI=1S/C19H13BrClN3O4/c1-28-17(26)15-14-16(25)24(13-4-2-3-11(20)9-13)18(27)19(14,23-22-15)10-5-7-12(21)8-6-10/h2-9,14,23H,1H3/t14-,19+/m0/s1. The Morgan fingerprint density at radius 3 is 2.61 bits per heavy atom. The summed E-state index contributed by atoms with van der Waals surface area (Å²) in [4.78, 5) is 40.2. The average Bonchev–Trinajstić information content (AvgIpc) is 3.18. The van der Waals surface area contributed by atoms with Crippen molar-refractivity contribution >= 4 is 56.7 Å². The molecule has 142 valence electrons. The predicted molar refractivity (Wildman–Crippen MR) is 106 cm³/mol. The largest absolute Gasteiger partial charge is 0.464 e. The summed E-state index contributed by atoms with van der Waals surface area (Å²) in [6.07, 6.45) is 0. The number of amides is 2. The predicted octanol–water partition coefficient (Wildman–Crippen LogP) is 2.62. The van der Waals surface area contributed by atoms with E-state index in [-0.39, 0.29) is 5.71 Å². The number of ether oxygens (including phenoxy) is 1. The Hall–Kier alpha value is -2.71. The molecule has 0 aliphatic carbocycles. The van der Waals surface area contributed by atoms with Gasteiger partial charge in [-0.05, 0) is 35.9 Å². The summed E-state index contributed by atoms with van der Waals surface area (Å²) in [6.45, 7) is 0. The minimum Gasteiger partial charge on any atom is -0.464 e. The quantitative estimate of drug-likeness (QED) is 0.560. The molecule has 0 radical (unpaired) electrons. The van der Waals surface area contributed by atoms with E-state index in [1.54, 1.807) is 48.5 Å². The van der Waals surface area contributed by atoms with Crippen LogP contribution in [-0.2, 0) is 24.7 Å². The molecule has 28 heavy (non-hydrogen) atoms.